The lowest BCUT2D eigenvalue weighted by atomic mass is 9.99. The summed E-state index contributed by atoms with van der Waals surface area (Å²) < 4.78 is 5.42. The molecule has 2 rings (SSSR count). The Kier molecular flexibility index (Phi) is 4.48. The molecule has 0 spiro atoms. The topological polar surface area (TPSA) is 66.8 Å². The maximum absolute atomic E-state index is 11.0. The standard InChI is InChI=1S/C17H18O4/c1-3-8-21-16-7-5-13(10-15(16)18)12-4-6-14(17(19)20)11(2)9-12/h4-7,9-10,18H,3,8H2,1-2H3,(H,19,20). The summed E-state index contributed by atoms with van der Waals surface area (Å²) in [7, 11) is 0. The van der Waals surface area contributed by atoms with Gasteiger partial charge in [0.2, 0.25) is 0 Å². The van der Waals surface area contributed by atoms with Crippen molar-refractivity contribution < 1.29 is 19.7 Å². The van der Waals surface area contributed by atoms with Crippen LogP contribution in [0.2, 0.25) is 0 Å². The summed E-state index contributed by atoms with van der Waals surface area (Å²) in [6.45, 7) is 4.31. The first-order valence-corrected chi connectivity index (χ1v) is 6.83. The van der Waals surface area contributed by atoms with Crippen LogP contribution in [-0.2, 0) is 0 Å². The van der Waals surface area contributed by atoms with Gasteiger partial charge >= 0.3 is 5.97 Å². The maximum atomic E-state index is 11.0. The molecule has 0 saturated carbocycles. The summed E-state index contributed by atoms with van der Waals surface area (Å²) in [4.78, 5) is 11.0. The minimum atomic E-state index is -0.940. The Labute approximate surface area is 123 Å². The highest BCUT2D eigenvalue weighted by molar-refractivity contribution is 5.90. The van der Waals surface area contributed by atoms with Gasteiger partial charge in [0.25, 0.3) is 0 Å². The molecule has 0 unspecified atom stereocenters. The molecule has 110 valence electrons. The van der Waals surface area contributed by atoms with Crippen LogP contribution in [0.3, 0.4) is 0 Å². The van der Waals surface area contributed by atoms with Crippen LogP contribution < -0.4 is 4.74 Å². The summed E-state index contributed by atoms with van der Waals surface area (Å²) >= 11 is 0. The first-order chi connectivity index (χ1) is 10.0. The number of carboxylic acids is 1. The minimum Gasteiger partial charge on any atom is -0.504 e. The van der Waals surface area contributed by atoms with Crippen molar-refractivity contribution in [2.75, 3.05) is 6.61 Å². The fourth-order valence-electron chi connectivity index (χ4n) is 2.11. The highest BCUT2D eigenvalue weighted by atomic mass is 16.5. The molecular formula is C17H18O4. The molecule has 0 radical (unpaired) electrons. The maximum Gasteiger partial charge on any atom is 0.335 e. The number of benzene rings is 2. The minimum absolute atomic E-state index is 0.0842. The van der Waals surface area contributed by atoms with E-state index in [1.54, 1.807) is 37.3 Å². The second kappa shape index (κ2) is 6.31. The van der Waals surface area contributed by atoms with E-state index in [1.807, 2.05) is 13.0 Å². The van der Waals surface area contributed by atoms with Gasteiger partial charge in [0.1, 0.15) is 0 Å². The Balaban J connectivity index is 2.32. The number of carboxylic acid groups (broad SMARTS) is 1. The van der Waals surface area contributed by atoms with Gasteiger partial charge in [-0.2, -0.15) is 0 Å². The molecule has 0 heterocycles. The molecular weight excluding hydrogens is 268 g/mol. The lowest BCUT2D eigenvalue weighted by Crippen LogP contribution is -1.99. The number of hydrogen-bond donors (Lipinski definition) is 2. The van der Waals surface area contributed by atoms with Gasteiger partial charge in [0, 0.05) is 0 Å². The van der Waals surface area contributed by atoms with Crippen LogP contribution in [0.5, 0.6) is 11.5 Å². The van der Waals surface area contributed by atoms with Crippen LogP contribution in [0.25, 0.3) is 11.1 Å². The van der Waals surface area contributed by atoms with E-state index in [4.69, 9.17) is 9.84 Å². The van der Waals surface area contributed by atoms with E-state index in [2.05, 4.69) is 0 Å². The highest BCUT2D eigenvalue weighted by Gasteiger charge is 2.10. The summed E-state index contributed by atoms with van der Waals surface area (Å²) in [5.74, 6) is -0.398. The molecule has 0 aliphatic heterocycles. The monoisotopic (exact) mass is 286 g/mol. The van der Waals surface area contributed by atoms with Crippen LogP contribution in [0.1, 0.15) is 29.3 Å². The molecule has 4 nitrogen and oxygen atoms in total. The first-order valence-electron chi connectivity index (χ1n) is 6.83. The van der Waals surface area contributed by atoms with E-state index in [-0.39, 0.29) is 11.3 Å². The number of carbonyl (C=O) groups is 1. The van der Waals surface area contributed by atoms with E-state index < -0.39 is 5.97 Å². The second-order valence-electron chi connectivity index (χ2n) is 4.87. The Morgan fingerprint density at radius 3 is 2.38 bits per heavy atom. The van der Waals surface area contributed by atoms with Crippen molar-refractivity contribution in [2.24, 2.45) is 0 Å². The summed E-state index contributed by atoms with van der Waals surface area (Å²) in [5.41, 5.74) is 2.64. The van der Waals surface area contributed by atoms with Crippen LogP contribution in [0, 0.1) is 6.92 Å². The fraction of sp³-hybridized carbons (Fsp3) is 0.235. The van der Waals surface area contributed by atoms with Crippen LogP contribution >= 0.6 is 0 Å². The van der Waals surface area contributed by atoms with E-state index in [9.17, 15) is 9.90 Å². The van der Waals surface area contributed by atoms with Crippen molar-refractivity contribution in [2.45, 2.75) is 20.3 Å². The fourth-order valence-corrected chi connectivity index (χ4v) is 2.11. The van der Waals surface area contributed by atoms with Crippen LogP contribution in [0.4, 0.5) is 0 Å². The Bertz CT molecular complexity index is 662. The van der Waals surface area contributed by atoms with Gasteiger partial charge in [-0.05, 0) is 48.2 Å². The molecule has 0 saturated heterocycles. The van der Waals surface area contributed by atoms with Crippen LogP contribution in [-0.4, -0.2) is 22.8 Å². The molecule has 0 bridgehead atoms. The van der Waals surface area contributed by atoms with Crippen molar-refractivity contribution >= 4 is 5.97 Å². The smallest absolute Gasteiger partial charge is 0.335 e. The van der Waals surface area contributed by atoms with Gasteiger partial charge in [-0.1, -0.05) is 25.1 Å². The quantitative estimate of drug-likeness (QED) is 0.876. The van der Waals surface area contributed by atoms with Gasteiger partial charge < -0.3 is 14.9 Å². The van der Waals surface area contributed by atoms with Gasteiger partial charge in [0.15, 0.2) is 11.5 Å². The number of ether oxygens (including phenoxy) is 1. The predicted molar refractivity (Wildman–Crippen MR) is 81.0 cm³/mol. The second-order valence-corrected chi connectivity index (χ2v) is 4.87. The van der Waals surface area contributed by atoms with Crippen LogP contribution in [0.15, 0.2) is 36.4 Å². The molecule has 0 aliphatic rings. The molecule has 2 aromatic rings. The molecule has 0 fully saturated rings. The zero-order valence-electron chi connectivity index (χ0n) is 12.1. The Hall–Kier alpha value is -2.49. The zero-order chi connectivity index (χ0) is 15.4. The number of phenols is 1. The normalized spacial score (nSPS) is 10.4. The van der Waals surface area contributed by atoms with Gasteiger partial charge in [0.05, 0.1) is 12.2 Å². The van der Waals surface area contributed by atoms with Crippen molar-refractivity contribution in [3.05, 3.63) is 47.5 Å². The number of rotatable bonds is 5. The molecule has 4 heteroatoms. The first kappa shape index (κ1) is 14.9. The Morgan fingerprint density at radius 1 is 1.14 bits per heavy atom. The van der Waals surface area contributed by atoms with E-state index >= 15 is 0 Å². The molecule has 2 N–H and O–H groups in total. The van der Waals surface area contributed by atoms with E-state index in [0.717, 1.165) is 17.5 Å². The molecule has 0 aliphatic carbocycles. The van der Waals surface area contributed by atoms with E-state index in [0.29, 0.717) is 17.9 Å². The highest BCUT2D eigenvalue weighted by Crippen LogP contribution is 2.32. The summed E-state index contributed by atoms with van der Waals surface area (Å²) in [6, 6.07) is 10.3. The average molecular weight is 286 g/mol. The third kappa shape index (κ3) is 3.34. The molecule has 0 aromatic heterocycles. The molecule has 21 heavy (non-hydrogen) atoms. The van der Waals surface area contributed by atoms with E-state index in [1.165, 1.54) is 0 Å². The molecule has 2 aromatic carbocycles. The van der Waals surface area contributed by atoms with Crippen molar-refractivity contribution in [3.8, 4) is 22.6 Å². The summed E-state index contributed by atoms with van der Waals surface area (Å²) in [5, 5.41) is 19.0. The van der Waals surface area contributed by atoms with Crippen molar-refractivity contribution in [1.82, 2.24) is 0 Å². The average Bonchev–Trinajstić information content (AvgIpc) is 2.45. The lowest BCUT2D eigenvalue weighted by molar-refractivity contribution is 0.0696. The number of phenolic OH excluding ortho intramolecular Hbond substituents is 1. The largest absolute Gasteiger partial charge is 0.504 e. The Morgan fingerprint density at radius 2 is 1.81 bits per heavy atom. The SMILES string of the molecule is CCCOc1ccc(-c2ccc(C(=O)O)c(C)c2)cc1O. The third-order valence-corrected chi connectivity index (χ3v) is 3.21. The molecule has 0 atom stereocenters. The van der Waals surface area contributed by atoms with Crippen molar-refractivity contribution in [3.63, 3.8) is 0 Å². The van der Waals surface area contributed by atoms with Crippen molar-refractivity contribution in [1.29, 1.82) is 0 Å². The summed E-state index contributed by atoms with van der Waals surface area (Å²) in [6.07, 6.45) is 0.872. The number of aryl methyl sites for hydroxylation is 1. The number of hydrogen-bond acceptors (Lipinski definition) is 3. The zero-order valence-corrected chi connectivity index (χ0v) is 12.1. The predicted octanol–water partition coefficient (Wildman–Crippen LogP) is 3.85. The van der Waals surface area contributed by atoms with Gasteiger partial charge in [-0.25, -0.2) is 4.79 Å². The number of aromatic carboxylic acids is 1. The lowest BCUT2D eigenvalue weighted by Gasteiger charge is -2.10. The number of aromatic hydroxyl groups is 1. The third-order valence-electron chi connectivity index (χ3n) is 3.21. The molecule has 0 amide bonds. The van der Waals surface area contributed by atoms with Gasteiger partial charge in [-0.3, -0.25) is 0 Å². The van der Waals surface area contributed by atoms with Gasteiger partial charge in [-0.15, -0.1) is 0 Å².